The molecule has 0 aromatic heterocycles. The van der Waals surface area contributed by atoms with Crippen LogP contribution >= 0.6 is 0 Å². The minimum atomic E-state index is -3.54. The number of amides is 1. The smallest absolute Gasteiger partial charge is 0.254 e. The van der Waals surface area contributed by atoms with Gasteiger partial charge in [-0.25, -0.2) is 12.8 Å². The molecule has 0 radical (unpaired) electrons. The average Bonchev–Trinajstić information content (AvgIpc) is 2.53. The van der Waals surface area contributed by atoms with E-state index in [2.05, 4.69) is 17.5 Å². The maximum absolute atomic E-state index is 13.9. The van der Waals surface area contributed by atoms with E-state index in [0.717, 1.165) is 31.4 Å². The van der Waals surface area contributed by atoms with Crippen molar-refractivity contribution in [2.24, 2.45) is 5.92 Å². The lowest BCUT2D eigenvalue weighted by Crippen LogP contribution is -2.30. The second-order valence-electron chi connectivity index (χ2n) is 6.10. The number of sulfone groups is 1. The molecule has 1 aromatic carbocycles. The minimum Gasteiger partial charge on any atom is -0.352 e. The van der Waals surface area contributed by atoms with Crippen molar-refractivity contribution in [1.29, 1.82) is 0 Å². The highest BCUT2D eigenvalue weighted by molar-refractivity contribution is 7.92. The summed E-state index contributed by atoms with van der Waals surface area (Å²) in [7, 11) is -3.54. The Labute approximate surface area is 136 Å². The van der Waals surface area contributed by atoms with Gasteiger partial charge < -0.3 is 5.32 Å². The first-order valence-corrected chi connectivity index (χ1v) is 9.33. The molecule has 0 aliphatic heterocycles. The quantitative estimate of drug-likeness (QED) is 0.662. The lowest BCUT2D eigenvalue weighted by molar-refractivity contribution is 0.0942. The van der Waals surface area contributed by atoms with Crippen LogP contribution in [0.5, 0.6) is 0 Å². The molecule has 0 spiro atoms. The van der Waals surface area contributed by atoms with Gasteiger partial charge in [0.1, 0.15) is 5.82 Å². The van der Waals surface area contributed by atoms with Crippen LogP contribution in [-0.4, -0.2) is 26.1 Å². The van der Waals surface area contributed by atoms with Gasteiger partial charge in [0, 0.05) is 6.54 Å². The van der Waals surface area contributed by atoms with E-state index in [-0.39, 0.29) is 10.5 Å². The molecule has 1 aromatic rings. The summed E-state index contributed by atoms with van der Waals surface area (Å²) in [6.45, 7) is 3.56. The van der Waals surface area contributed by atoms with E-state index in [4.69, 9.17) is 0 Å². The highest BCUT2D eigenvalue weighted by Crippen LogP contribution is 2.20. The number of carbonyl (C=O) groups excluding carboxylic acids is 1. The van der Waals surface area contributed by atoms with E-state index < -0.39 is 26.8 Å². The molecule has 1 N–H and O–H groups in total. The highest BCUT2D eigenvalue weighted by Gasteiger charge is 2.22. The van der Waals surface area contributed by atoms with Crippen LogP contribution in [0.3, 0.4) is 0 Å². The Morgan fingerprint density at radius 2 is 2.09 bits per heavy atom. The van der Waals surface area contributed by atoms with Crippen molar-refractivity contribution >= 4 is 15.7 Å². The fraction of sp³-hybridized carbons (Fsp3) is 0.471. The van der Waals surface area contributed by atoms with Crippen molar-refractivity contribution in [3.05, 3.63) is 41.7 Å². The van der Waals surface area contributed by atoms with Gasteiger partial charge in [0.15, 0.2) is 9.84 Å². The molecule has 6 heteroatoms. The van der Waals surface area contributed by atoms with Gasteiger partial charge in [0.25, 0.3) is 5.91 Å². The molecule has 0 fully saturated rings. The van der Waals surface area contributed by atoms with Crippen LogP contribution in [0.1, 0.15) is 43.5 Å². The number of halogens is 1. The SMILES string of the molecule is CC(C)S(=O)(=O)c1ccc(F)c(C(=O)NC[C@H]2CC=CCC2)c1. The number of allylic oxidation sites excluding steroid dienone is 2. The molecule has 0 saturated heterocycles. The van der Waals surface area contributed by atoms with Gasteiger partial charge in [0.2, 0.25) is 0 Å². The van der Waals surface area contributed by atoms with Gasteiger partial charge in [0.05, 0.1) is 15.7 Å². The van der Waals surface area contributed by atoms with Gasteiger partial charge in [-0.2, -0.15) is 0 Å². The molecule has 0 heterocycles. The van der Waals surface area contributed by atoms with Crippen molar-refractivity contribution in [3.8, 4) is 0 Å². The predicted molar refractivity (Wildman–Crippen MR) is 87.5 cm³/mol. The summed E-state index contributed by atoms with van der Waals surface area (Å²) in [6.07, 6.45) is 7.05. The van der Waals surface area contributed by atoms with Crippen LogP contribution in [0.25, 0.3) is 0 Å². The van der Waals surface area contributed by atoms with Gasteiger partial charge >= 0.3 is 0 Å². The molecule has 1 aliphatic carbocycles. The fourth-order valence-corrected chi connectivity index (χ4v) is 3.59. The zero-order chi connectivity index (χ0) is 17.0. The molecule has 2 rings (SSSR count). The summed E-state index contributed by atoms with van der Waals surface area (Å²) in [5.41, 5.74) is -0.224. The van der Waals surface area contributed by atoms with E-state index in [1.54, 1.807) is 13.8 Å². The van der Waals surface area contributed by atoms with Crippen LogP contribution in [0.2, 0.25) is 0 Å². The first kappa shape index (κ1) is 17.7. The zero-order valence-electron chi connectivity index (χ0n) is 13.4. The lowest BCUT2D eigenvalue weighted by Gasteiger charge is -2.18. The number of rotatable bonds is 5. The molecule has 23 heavy (non-hydrogen) atoms. The first-order chi connectivity index (χ1) is 10.8. The van der Waals surface area contributed by atoms with Crippen LogP contribution in [0.15, 0.2) is 35.2 Å². The molecular formula is C17H22FNO3S. The van der Waals surface area contributed by atoms with Crippen molar-refractivity contribution < 1.29 is 17.6 Å². The Morgan fingerprint density at radius 3 is 2.70 bits per heavy atom. The Balaban J connectivity index is 2.15. The number of hydrogen-bond donors (Lipinski definition) is 1. The third-order valence-corrected chi connectivity index (χ3v) is 6.21. The van der Waals surface area contributed by atoms with Crippen molar-refractivity contribution in [2.75, 3.05) is 6.54 Å². The molecule has 0 unspecified atom stereocenters. The summed E-state index contributed by atoms with van der Waals surface area (Å²) in [5.74, 6) is -0.943. The van der Waals surface area contributed by atoms with E-state index in [1.807, 2.05) is 0 Å². The van der Waals surface area contributed by atoms with Crippen molar-refractivity contribution in [3.63, 3.8) is 0 Å². The second kappa shape index (κ2) is 7.25. The zero-order valence-corrected chi connectivity index (χ0v) is 14.2. The third kappa shape index (κ3) is 4.19. The topological polar surface area (TPSA) is 63.2 Å². The van der Waals surface area contributed by atoms with Gasteiger partial charge in [-0.3, -0.25) is 4.79 Å². The minimum absolute atomic E-state index is 0.0281. The monoisotopic (exact) mass is 339 g/mol. The van der Waals surface area contributed by atoms with Crippen LogP contribution < -0.4 is 5.32 Å². The van der Waals surface area contributed by atoms with E-state index in [1.165, 1.54) is 6.07 Å². The Morgan fingerprint density at radius 1 is 1.35 bits per heavy atom. The van der Waals surface area contributed by atoms with Crippen molar-refractivity contribution in [1.82, 2.24) is 5.32 Å². The van der Waals surface area contributed by atoms with Crippen LogP contribution in [0.4, 0.5) is 4.39 Å². The molecule has 1 amide bonds. The molecular weight excluding hydrogens is 317 g/mol. The van der Waals surface area contributed by atoms with Crippen molar-refractivity contribution in [2.45, 2.75) is 43.3 Å². The molecule has 1 atom stereocenters. The summed E-state index contributed by atoms with van der Waals surface area (Å²) in [4.78, 5) is 12.2. The maximum atomic E-state index is 13.9. The van der Waals surface area contributed by atoms with Gasteiger partial charge in [-0.05, 0) is 57.2 Å². The second-order valence-corrected chi connectivity index (χ2v) is 8.60. The predicted octanol–water partition coefficient (Wildman–Crippen LogP) is 3.09. The van der Waals surface area contributed by atoms with E-state index in [9.17, 15) is 17.6 Å². The highest BCUT2D eigenvalue weighted by atomic mass is 32.2. The Hall–Kier alpha value is -1.69. The van der Waals surface area contributed by atoms with Crippen LogP contribution in [-0.2, 0) is 9.84 Å². The first-order valence-electron chi connectivity index (χ1n) is 7.79. The summed E-state index contributed by atoms with van der Waals surface area (Å²) in [6, 6.07) is 3.36. The van der Waals surface area contributed by atoms with Crippen LogP contribution in [0, 0.1) is 11.7 Å². The Kier molecular flexibility index (Phi) is 5.57. The maximum Gasteiger partial charge on any atom is 0.254 e. The standard InChI is InChI=1S/C17H22FNO3S/c1-12(2)23(21,22)14-8-9-16(18)15(10-14)17(20)19-11-13-6-4-3-5-7-13/h3-4,8-10,12-13H,5-7,11H2,1-2H3,(H,19,20)/t13-/m0/s1. The summed E-state index contributed by atoms with van der Waals surface area (Å²) < 4.78 is 38.2. The fourth-order valence-electron chi connectivity index (χ4n) is 2.50. The average molecular weight is 339 g/mol. The number of carbonyl (C=O) groups is 1. The summed E-state index contributed by atoms with van der Waals surface area (Å²) >= 11 is 0. The third-order valence-electron chi connectivity index (χ3n) is 4.06. The van der Waals surface area contributed by atoms with Gasteiger partial charge in [-0.15, -0.1) is 0 Å². The normalized spacial score (nSPS) is 18.2. The molecule has 1 aliphatic rings. The number of benzene rings is 1. The van der Waals surface area contributed by atoms with E-state index in [0.29, 0.717) is 12.5 Å². The Bertz CT molecular complexity index is 711. The summed E-state index contributed by atoms with van der Waals surface area (Å²) in [5, 5.41) is 2.08. The largest absolute Gasteiger partial charge is 0.352 e. The molecule has 0 saturated carbocycles. The van der Waals surface area contributed by atoms with E-state index >= 15 is 0 Å². The molecule has 0 bridgehead atoms. The molecule has 4 nitrogen and oxygen atoms in total. The molecule has 126 valence electrons. The number of nitrogens with one attached hydrogen (secondary N) is 1. The lowest BCUT2D eigenvalue weighted by atomic mass is 9.94. The van der Waals surface area contributed by atoms with Gasteiger partial charge in [-0.1, -0.05) is 12.2 Å². The number of hydrogen-bond acceptors (Lipinski definition) is 3.